The van der Waals surface area contributed by atoms with Crippen LogP contribution in [0.2, 0.25) is 0 Å². The van der Waals surface area contributed by atoms with E-state index in [9.17, 15) is 0 Å². The monoisotopic (exact) mass is 358 g/mol. The lowest BCUT2D eigenvalue weighted by Gasteiger charge is -2.10. The van der Waals surface area contributed by atoms with Crippen molar-refractivity contribution in [3.63, 3.8) is 0 Å². The summed E-state index contributed by atoms with van der Waals surface area (Å²) in [5.41, 5.74) is 7.97. The van der Waals surface area contributed by atoms with E-state index in [1.54, 1.807) is 20.4 Å². The van der Waals surface area contributed by atoms with E-state index in [-0.39, 0.29) is 0 Å². The van der Waals surface area contributed by atoms with Crippen molar-refractivity contribution in [2.75, 3.05) is 27.4 Å². The average molecular weight is 358 g/mol. The van der Waals surface area contributed by atoms with Crippen molar-refractivity contribution in [2.45, 2.75) is 19.9 Å². The van der Waals surface area contributed by atoms with Crippen molar-refractivity contribution < 1.29 is 14.2 Å². The van der Waals surface area contributed by atoms with Crippen LogP contribution in [-0.2, 0) is 13.0 Å². The summed E-state index contributed by atoms with van der Waals surface area (Å²) in [4.78, 5) is 8.55. The van der Waals surface area contributed by atoms with Gasteiger partial charge in [0.15, 0.2) is 17.5 Å². The second-order valence-electron chi connectivity index (χ2n) is 5.47. The van der Waals surface area contributed by atoms with Gasteiger partial charge in [-0.2, -0.15) is 0 Å². The van der Waals surface area contributed by atoms with Crippen molar-refractivity contribution in [2.24, 2.45) is 10.7 Å². The Morgan fingerprint density at radius 1 is 1.19 bits per heavy atom. The highest BCUT2D eigenvalue weighted by atomic mass is 16.5. The van der Waals surface area contributed by atoms with Crippen molar-refractivity contribution in [1.29, 1.82) is 0 Å². The molecular weight excluding hydrogens is 332 g/mol. The number of aliphatic imine (C=N–C) groups is 1. The summed E-state index contributed by atoms with van der Waals surface area (Å²) in [5, 5.41) is 3.11. The summed E-state index contributed by atoms with van der Waals surface area (Å²) in [7, 11) is 3.24. The Morgan fingerprint density at radius 3 is 2.73 bits per heavy atom. The average Bonchev–Trinajstić information content (AvgIpc) is 2.67. The van der Waals surface area contributed by atoms with Gasteiger partial charge < -0.3 is 25.3 Å². The third-order valence-corrected chi connectivity index (χ3v) is 3.72. The van der Waals surface area contributed by atoms with Gasteiger partial charge in [0.05, 0.1) is 27.4 Å². The van der Waals surface area contributed by atoms with E-state index < -0.39 is 0 Å². The second kappa shape index (κ2) is 10.1. The highest BCUT2D eigenvalue weighted by molar-refractivity contribution is 5.77. The first-order chi connectivity index (χ1) is 12.7. The summed E-state index contributed by atoms with van der Waals surface area (Å²) < 4.78 is 16.0. The first-order valence-electron chi connectivity index (χ1n) is 8.49. The zero-order valence-corrected chi connectivity index (χ0v) is 15.5. The Labute approximate surface area is 154 Å². The first kappa shape index (κ1) is 19.4. The number of methoxy groups -OCH3 is 2. The number of nitrogens with zero attached hydrogens (tertiary/aromatic N) is 2. The number of rotatable bonds is 9. The van der Waals surface area contributed by atoms with Gasteiger partial charge in [-0.05, 0) is 37.1 Å². The standard InChI is InChI=1S/C19H26N4O3/c1-4-26-18-15(6-5-10-21-18)13-23-19(20)22-11-9-14-7-8-16(24-2)17(12-14)25-3/h5-8,10,12H,4,9,11,13H2,1-3H3,(H3,20,22,23). The Balaban J connectivity index is 1.87. The molecule has 0 saturated carbocycles. The fourth-order valence-electron chi connectivity index (χ4n) is 2.41. The van der Waals surface area contributed by atoms with Gasteiger partial charge in [0.1, 0.15) is 0 Å². The summed E-state index contributed by atoms with van der Waals surface area (Å²) in [5.74, 6) is 2.41. The molecule has 0 bridgehead atoms. The van der Waals surface area contributed by atoms with Crippen LogP contribution in [0.1, 0.15) is 18.1 Å². The summed E-state index contributed by atoms with van der Waals surface area (Å²) in [6.07, 6.45) is 2.48. The normalized spacial score (nSPS) is 11.1. The molecule has 140 valence electrons. The maximum atomic E-state index is 5.94. The lowest BCUT2D eigenvalue weighted by Crippen LogP contribution is -2.33. The molecule has 0 fully saturated rings. The Kier molecular flexibility index (Phi) is 7.54. The van der Waals surface area contributed by atoms with E-state index in [0.717, 1.165) is 17.5 Å². The van der Waals surface area contributed by atoms with E-state index in [1.807, 2.05) is 37.3 Å². The maximum Gasteiger partial charge on any atom is 0.218 e. The molecule has 1 aromatic heterocycles. The van der Waals surface area contributed by atoms with Gasteiger partial charge in [-0.15, -0.1) is 0 Å². The first-order valence-corrected chi connectivity index (χ1v) is 8.49. The number of pyridine rings is 1. The lowest BCUT2D eigenvalue weighted by molar-refractivity contribution is 0.323. The van der Waals surface area contributed by atoms with Crippen molar-refractivity contribution in [3.8, 4) is 17.4 Å². The largest absolute Gasteiger partial charge is 0.493 e. The molecule has 0 aliphatic carbocycles. The maximum absolute atomic E-state index is 5.94. The van der Waals surface area contributed by atoms with E-state index >= 15 is 0 Å². The number of ether oxygens (including phenoxy) is 3. The highest BCUT2D eigenvalue weighted by Crippen LogP contribution is 2.27. The van der Waals surface area contributed by atoms with Crippen LogP contribution in [-0.4, -0.2) is 38.3 Å². The van der Waals surface area contributed by atoms with Gasteiger partial charge in [0.25, 0.3) is 0 Å². The number of nitrogens with two attached hydrogens (primary N) is 1. The van der Waals surface area contributed by atoms with Crippen molar-refractivity contribution in [3.05, 3.63) is 47.7 Å². The van der Waals surface area contributed by atoms with Gasteiger partial charge >= 0.3 is 0 Å². The second-order valence-corrected chi connectivity index (χ2v) is 5.47. The molecule has 2 rings (SSSR count). The van der Waals surface area contributed by atoms with Gasteiger partial charge in [-0.3, -0.25) is 0 Å². The van der Waals surface area contributed by atoms with Crippen LogP contribution in [0.15, 0.2) is 41.5 Å². The molecule has 0 aliphatic rings. The number of hydrogen-bond donors (Lipinski definition) is 2. The van der Waals surface area contributed by atoms with E-state index in [0.29, 0.717) is 43.0 Å². The third kappa shape index (κ3) is 5.54. The third-order valence-electron chi connectivity index (χ3n) is 3.72. The van der Waals surface area contributed by atoms with Crippen molar-refractivity contribution in [1.82, 2.24) is 10.3 Å². The van der Waals surface area contributed by atoms with Crippen molar-refractivity contribution >= 4 is 5.96 Å². The fraction of sp³-hybridized carbons (Fsp3) is 0.368. The molecule has 0 spiro atoms. The topological polar surface area (TPSA) is 91.0 Å². The molecule has 0 atom stereocenters. The van der Waals surface area contributed by atoms with Gasteiger partial charge in [0.2, 0.25) is 5.88 Å². The Morgan fingerprint density at radius 2 is 2.00 bits per heavy atom. The highest BCUT2D eigenvalue weighted by Gasteiger charge is 2.05. The minimum Gasteiger partial charge on any atom is -0.493 e. The molecule has 3 N–H and O–H groups in total. The predicted octanol–water partition coefficient (Wildman–Crippen LogP) is 2.14. The molecule has 1 aromatic carbocycles. The molecule has 0 radical (unpaired) electrons. The van der Waals surface area contributed by atoms with Crippen LogP contribution in [0, 0.1) is 0 Å². The minimum absolute atomic E-state index is 0.386. The molecule has 26 heavy (non-hydrogen) atoms. The number of aromatic nitrogens is 1. The molecule has 0 amide bonds. The van der Waals surface area contributed by atoms with Gasteiger partial charge in [-0.1, -0.05) is 12.1 Å². The summed E-state index contributed by atoms with van der Waals surface area (Å²) in [6, 6.07) is 9.63. The Bertz CT molecular complexity index is 734. The number of benzene rings is 1. The molecule has 0 aliphatic heterocycles. The molecular formula is C19H26N4O3. The number of nitrogens with one attached hydrogen (secondary N) is 1. The van der Waals surface area contributed by atoms with Gasteiger partial charge in [0, 0.05) is 18.3 Å². The Hall–Kier alpha value is -2.96. The molecule has 7 heteroatoms. The molecule has 0 unspecified atom stereocenters. The van der Waals surface area contributed by atoms with Crippen LogP contribution in [0.4, 0.5) is 0 Å². The van der Waals surface area contributed by atoms with E-state index in [4.69, 9.17) is 19.9 Å². The smallest absolute Gasteiger partial charge is 0.218 e. The summed E-state index contributed by atoms with van der Waals surface area (Å²) >= 11 is 0. The molecule has 2 aromatic rings. The molecule has 7 nitrogen and oxygen atoms in total. The molecule has 0 saturated heterocycles. The van der Waals surface area contributed by atoms with Gasteiger partial charge in [-0.25, -0.2) is 9.98 Å². The zero-order valence-electron chi connectivity index (χ0n) is 15.5. The van der Waals surface area contributed by atoms with Crippen LogP contribution in [0.25, 0.3) is 0 Å². The molecule has 1 heterocycles. The minimum atomic E-state index is 0.386. The van der Waals surface area contributed by atoms with Crippen LogP contribution in [0.5, 0.6) is 17.4 Å². The SMILES string of the molecule is CCOc1ncccc1CN=C(N)NCCc1ccc(OC)c(OC)c1. The quantitative estimate of drug-likeness (QED) is 0.527. The predicted molar refractivity (Wildman–Crippen MR) is 102 cm³/mol. The fourth-order valence-corrected chi connectivity index (χ4v) is 2.41. The number of hydrogen-bond acceptors (Lipinski definition) is 5. The number of guanidine groups is 1. The van der Waals surface area contributed by atoms with E-state index in [1.165, 1.54) is 0 Å². The van der Waals surface area contributed by atoms with Crippen LogP contribution >= 0.6 is 0 Å². The summed E-state index contributed by atoms with van der Waals surface area (Å²) in [6.45, 7) is 3.56. The van der Waals surface area contributed by atoms with E-state index in [2.05, 4.69) is 15.3 Å². The zero-order chi connectivity index (χ0) is 18.8. The lowest BCUT2D eigenvalue weighted by atomic mass is 10.1. The van der Waals surface area contributed by atoms with Crippen LogP contribution in [0.3, 0.4) is 0 Å². The van der Waals surface area contributed by atoms with Crippen LogP contribution < -0.4 is 25.3 Å².